The molecule has 7 heteroatoms. The molecule has 2 aliphatic heterocycles. The van der Waals surface area contributed by atoms with Crippen LogP contribution in [0.4, 0.5) is 4.39 Å². The number of carbonyl (C=O) groups is 1. The van der Waals surface area contributed by atoms with Gasteiger partial charge in [-0.25, -0.2) is 9.37 Å². The van der Waals surface area contributed by atoms with Gasteiger partial charge in [0, 0.05) is 30.8 Å². The maximum Gasteiger partial charge on any atom is 0.254 e. The third-order valence-corrected chi connectivity index (χ3v) is 9.77. The van der Waals surface area contributed by atoms with Crippen molar-refractivity contribution in [1.82, 2.24) is 19.4 Å². The molecule has 2 N–H and O–H groups in total. The van der Waals surface area contributed by atoms with Gasteiger partial charge >= 0.3 is 0 Å². The van der Waals surface area contributed by atoms with Gasteiger partial charge in [-0.15, -0.1) is 0 Å². The van der Waals surface area contributed by atoms with Crippen LogP contribution in [-0.4, -0.2) is 32.4 Å². The van der Waals surface area contributed by atoms with Gasteiger partial charge in [0.25, 0.3) is 5.91 Å². The Kier molecular flexibility index (Phi) is 4.42. The number of hydrogen-bond donors (Lipinski definition) is 1. The lowest BCUT2D eigenvalue weighted by atomic mass is 9.66. The van der Waals surface area contributed by atoms with Crippen LogP contribution in [0.3, 0.4) is 0 Å². The Balaban J connectivity index is 1.28. The summed E-state index contributed by atoms with van der Waals surface area (Å²) in [5.74, 6) is 1.42. The first-order valence-electron chi connectivity index (χ1n) is 13.7. The first-order chi connectivity index (χ1) is 18.3. The fraction of sp³-hybridized carbons (Fsp3) is 0.387. The Hall–Kier alpha value is -3.58. The molecule has 2 aromatic heterocycles. The van der Waals surface area contributed by atoms with Crippen LogP contribution < -0.4 is 5.73 Å². The zero-order chi connectivity index (χ0) is 25.9. The largest absolute Gasteiger partial charge is 0.331 e. The molecule has 4 aliphatic rings. The molecular formula is C31H30FN5O. The van der Waals surface area contributed by atoms with E-state index in [-0.39, 0.29) is 29.7 Å². The first kappa shape index (κ1) is 22.4. The monoisotopic (exact) mass is 507 g/mol. The van der Waals surface area contributed by atoms with E-state index in [0.717, 1.165) is 58.4 Å². The number of rotatable bonds is 3. The molecule has 192 valence electrons. The average Bonchev–Trinajstić information content (AvgIpc) is 3.64. The molecule has 6 nitrogen and oxygen atoms in total. The van der Waals surface area contributed by atoms with E-state index in [9.17, 15) is 4.79 Å². The Labute approximate surface area is 220 Å². The summed E-state index contributed by atoms with van der Waals surface area (Å²) in [6.07, 6.45) is 6.68. The molecule has 4 atom stereocenters. The molecule has 1 amide bonds. The minimum atomic E-state index is -0.676. The molecule has 2 aliphatic carbocycles. The van der Waals surface area contributed by atoms with E-state index in [2.05, 4.69) is 28.6 Å². The van der Waals surface area contributed by atoms with Gasteiger partial charge in [0.15, 0.2) is 0 Å². The fourth-order valence-electron chi connectivity index (χ4n) is 7.11. The van der Waals surface area contributed by atoms with E-state index in [1.807, 2.05) is 36.2 Å². The molecule has 2 saturated carbocycles. The number of aromatic nitrogens is 3. The normalized spacial score (nSPS) is 27.7. The average molecular weight is 508 g/mol. The van der Waals surface area contributed by atoms with E-state index in [0.29, 0.717) is 11.6 Å². The first-order valence-corrected chi connectivity index (χ1v) is 13.7. The Bertz CT molecular complexity index is 1670. The quantitative estimate of drug-likeness (QED) is 0.379. The van der Waals surface area contributed by atoms with Crippen LogP contribution in [0.1, 0.15) is 90.0 Å². The van der Waals surface area contributed by atoms with Crippen molar-refractivity contribution in [3.05, 3.63) is 82.7 Å². The molecule has 2 aromatic carbocycles. The van der Waals surface area contributed by atoms with Crippen LogP contribution in [0.2, 0.25) is 0 Å². The van der Waals surface area contributed by atoms with Crippen molar-refractivity contribution in [3.63, 3.8) is 0 Å². The molecule has 0 radical (unpaired) electrons. The second kappa shape index (κ2) is 7.50. The SMILES string of the molecule is C[C@H]1CC[C@@]1(N)c1ncc(-c2ccc3nc4n(c3c2)[C@@H]2C[C@H]4N(C)C(=O)c3cccc(C4CC4)c32)cc1F. The van der Waals surface area contributed by atoms with Crippen LogP contribution in [0.15, 0.2) is 48.7 Å². The van der Waals surface area contributed by atoms with E-state index in [1.165, 1.54) is 18.4 Å². The second-order valence-electron chi connectivity index (χ2n) is 11.8. The van der Waals surface area contributed by atoms with E-state index in [1.54, 1.807) is 12.3 Å². The van der Waals surface area contributed by atoms with Gasteiger partial charge in [0.2, 0.25) is 0 Å². The number of nitrogens with zero attached hydrogens (tertiary/aromatic N) is 4. The molecule has 38 heavy (non-hydrogen) atoms. The zero-order valence-electron chi connectivity index (χ0n) is 21.6. The van der Waals surface area contributed by atoms with Crippen LogP contribution in [0.5, 0.6) is 0 Å². The van der Waals surface area contributed by atoms with Gasteiger partial charge in [-0.2, -0.15) is 0 Å². The molecule has 4 heterocycles. The summed E-state index contributed by atoms with van der Waals surface area (Å²) in [7, 11) is 1.90. The molecule has 4 aromatic rings. The Morgan fingerprint density at radius 3 is 2.63 bits per heavy atom. The number of hydrogen-bond acceptors (Lipinski definition) is 4. The highest BCUT2D eigenvalue weighted by Gasteiger charge is 2.46. The number of carbonyl (C=O) groups excluding carboxylic acids is 1. The maximum atomic E-state index is 15.3. The molecule has 2 fully saturated rings. The van der Waals surface area contributed by atoms with E-state index >= 15 is 4.39 Å². The highest BCUT2D eigenvalue weighted by atomic mass is 19.1. The third-order valence-electron chi connectivity index (χ3n) is 9.77. The van der Waals surface area contributed by atoms with Crippen LogP contribution >= 0.6 is 0 Å². The maximum absolute atomic E-state index is 15.3. The topological polar surface area (TPSA) is 77.0 Å². The molecule has 0 spiro atoms. The van der Waals surface area contributed by atoms with E-state index < -0.39 is 5.54 Å². The van der Waals surface area contributed by atoms with Crippen molar-refractivity contribution in [2.24, 2.45) is 11.7 Å². The molecule has 0 unspecified atom stereocenters. The van der Waals surface area contributed by atoms with Gasteiger partial charge in [-0.1, -0.05) is 25.1 Å². The second-order valence-corrected chi connectivity index (χ2v) is 11.8. The Morgan fingerprint density at radius 2 is 1.92 bits per heavy atom. The number of halogens is 1. The lowest BCUT2D eigenvalue weighted by Gasteiger charge is -2.44. The van der Waals surface area contributed by atoms with Crippen molar-refractivity contribution in [2.45, 2.75) is 62.6 Å². The minimum Gasteiger partial charge on any atom is -0.331 e. The van der Waals surface area contributed by atoms with Gasteiger partial charge in [-0.3, -0.25) is 9.78 Å². The molecule has 0 saturated heterocycles. The number of amides is 1. The predicted molar refractivity (Wildman–Crippen MR) is 143 cm³/mol. The smallest absolute Gasteiger partial charge is 0.254 e. The van der Waals surface area contributed by atoms with Crippen LogP contribution in [0.25, 0.3) is 22.2 Å². The lowest BCUT2D eigenvalue weighted by molar-refractivity contribution is 0.0734. The van der Waals surface area contributed by atoms with Gasteiger partial charge in [0.1, 0.15) is 11.6 Å². The summed E-state index contributed by atoms with van der Waals surface area (Å²) < 4.78 is 17.6. The van der Waals surface area contributed by atoms with Crippen LogP contribution in [-0.2, 0) is 5.54 Å². The number of benzene rings is 2. The standard InChI is InChI=1S/C31H30FN5O/c1-16-10-11-31(16,33)28-22(32)12-19(15-34-28)18-8-9-23-24(13-18)37-25-14-26(29(37)35-23)36(2)30(38)21-5-3-4-20(27(21)25)17-6-7-17/h3-5,8-9,12-13,15-17,25-26H,6-7,10-11,14,33H2,1-2H3/t16-,25+,26+,31-/m0/s1. The zero-order valence-corrected chi connectivity index (χ0v) is 21.6. The lowest BCUT2D eigenvalue weighted by Crippen LogP contribution is -2.51. The summed E-state index contributed by atoms with van der Waals surface area (Å²) >= 11 is 0. The predicted octanol–water partition coefficient (Wildman–Crippen LogP) is 5.82. The van der Waals surface area contributed by atoms with Crippen LogP contribution in [0, 0.1) is 11.7 Å². The summed E-state index contributed by atoms with van der Waals surface area (Å²) in [5, 5.41) is 0. The Morgan fingerprint density at radius 1 is 1.08 bits per heavy atom. The summed E-state index contributed by atoms with van der Waals surface area (Å²) in [6, 6.07) is 13.8. The highest BCUT2D eigenvalue weighted by molar-refractivity contribution is 5.97. The molecular weight excluding hydrogens is 477 g/mol. The van der Waals surface area contributed by atoms with Crippen molar-refractivity contribution >= 4 is 16.9 Å². The summed E-state index contributed by atoms with van der Waals surface area (Å²) in [6.45, 7) is 2.06. The summed E-state index contributed by atoms with van der Waals surface area (Å²) in [5.41, 5.74) is 13.0. The minimum absolute atomic E-state index is 0.0467. The van der Waals surface area contributed by atoms with Gasteiger partial charge in [0.05, 0.1) is 34.3 Å². The van der Waals surface area contributed by atoms with Crippen molar-refractivity contribution in [2.75, 3.05) is 7.05 Å². The fourth-order valence-corrected chi connectivity index (χ4v) is 7.11. The van der Waals surface area contributed by atoms with Gasteiger partial charge in [-0.05, 0) is 78.5 Å². The number of nitrogens with two attached hydrogens (primary N) is 1. The molecule has 8 rings (SSSR count). The van der Waals surface area contributed by atoms with Crippen molar-refractivity contribution in [1.29, 1.82) is 0 Å². The van der Waals surface area contributed by atoms with Gasteiger partial charge < -0.3 is 15.2 Å². The molecule has 2 bridgehead atoms. The number of pyridine rings is 1. The van der Waals surface area contributed by atoms with E-state index in [4.69, 9.17) is 10.7 Å². The third kappa shape index (κ3) is 2.88. The highest BCUT2D eigenvalue weighted by Crippen LogP contribution is 2.52. The summed E-state index contributed by atoms with van der Waals surface area (Å²) in [4.78, 5) is 24.9. The number of imidazole rings is 1. The number of fused-ring (bicyclic) bond motifs is 9. The van der Waals surface area contributed by atoms with Crippen molar-refractivity contribution in [3.8, 4) is 11.1 Å². The van der Waals surface area contributed by atoms with Crippen molar-refractivity contribution < 1.29 is 9.18 Å².